The molecule has 0 aromatic heterocycles. The van der Waals surface area contributed by atoms with Crippen LogP contribution in [0.2, 0.25) is 0 Å². The van der Waals surface area contributed by atoms with Crippen LogP contribution in [-0.4, -0.2) is 32.3 Å². The second-order valence-corrected chi connectivity index (χ2v) is 10.1. The maximum Gasteiger partial charge on any atom is 0.242 e. The SMILES string of the molecule is CC(=O)N1c2ccc(S(=O)(=O)N[C@H](C(=O)Nc3ccccc3C)C(C)C)cc2C[C@@H]1C. The topological polar surface area (TPSA) is 95.6 Å². The summed E-state index contributed by atoms with van der Waals surface area (Å²) >= 11 is 0. The van der Waals surface area contributed by atoms with Gasteiger partial charge < -0.3 is 10.2 Å². The third kappa shape index (κ3) is 4.80. The Morgan fingerprint density at radius 1 is 1.13 bits per heavy atom. The number of fused-ring (bicyclic) bond motifs is 1. The first kappa shape index (κ1) is 23.0. The molecule has 31 heavy (non-hydrogen) atoms. The number of hydrogen-bond donors (Lipinski definition) is 2. The fraction of sp³-hybridized carbons (Fsp3) is 0.391. The van der Waals surface area contributed by atoms with Gasteiger partial charge in [0.2, 0.25) is 21.8 Å². The normalized spacial score (nSPS) is 16.8. The molecule has 3 rings (SSSR count). The van der Waals surface area contributed by atoms with Crippen molar-refractivity contribution < 1.29 is 18.0 Å². The molecule has 0 spiro atoms. The molecular formula is C23H29N3O4S. The standard InChI is InChI=1S/C23H29N3O4S/c1-14(2)22(23(28)24-20-9-7-6-8-15(20)3)25-31(29,30)19-10-11-21-18(13-19)12-16(4)26(21)17(5)27/h6-11,13-14,16,22,25H,12H2,1-5H3,(H,24,28)/t16-,22-/m0/s1. The van der Waals surface area contributed by atoms with Crippen molar-refractivity contribution in [1.82, 2.24) is 4.72 Å². The van der Waals surface area contributed by atoms with Crippen LogP contribution in [0.1, 0.15) is 38.8 Å². The summed E-state index contributed by atoms with van der Waals surface area (Å²) in [7, 11) is -3.94. The van der Waals surface area contributed by atoms with Gasteiger partial charge in [-0.05, 0) is 61.6 Å². The number of amides is 2. The first-order valence-corrected chi connectivity index (χ1v) is 11.8. The van der Waals surface area contributed by atoms with Crippen molar-refractivity contribution >= 4 is 33.2 Å². The number of hydrogen-bond acceptors (Lipinski definition) is 4. The van der Waals surface area contributed by atoms with Crippen molar-refractivity contribution in [2.45, 2.75) is 58.0 Å². The monoisotopic (exact) mass is 443 g/mol. The molecule has 1 heterocycles. The van der Waals surface area contributed by atoms with E-state index in [1.807, 2.05) is 32.0 Å². The van der Waals surface area contributed by atoms with Crippen LogP contribution in [0.15, 0.2) is 47.4 Å². The number of carbonyl (C=O) groups excluding carboxylic acids is 2. The quantitative estimate of drug-likeness (QED) is 0.716. The predicted octanol–water partition coefficient (Wildman–Crippen LogP) is 3.23. The number of rotatable bonds is 6. The highest BCUT2D eigenvalue weighted by atomic mass is 32.2. The minimum atomic E-state index is -3.94. The van der Waals surface area contributed by atoms with Crippen molar-refractivity contribution in [2.75, 3.05) is 10.2 Å². The first-order valence-electron chi connectivity index (χ1n) is 10.3. The lowest BCUT2D eigenvalue weighted by Crippen LogP contribution is -2.47. The van der Waals surface area contributed by atoms with Crippen LogP contribution in [0.3, 0.4) is 0 Å². The van der Waals surface area contributed by atoms with Gasteiger partial charge >= 0.3 is 0 Å². The molecule has 2 atom stereocenters. The summed E-state index contributed by atoms with van der Waals surface area (Å²) in [5, 5.41) is 2.82. The Morgan fingerprint density at radius 2 is 1.81 bits per heavy atom. The maximum atomic E-state index is 13.1. The summed E-state index contributed by atoms with van der Waals surface area (Å²) in [5.74, 6) is -0.750. The van der Waals surface area contributed by atoms with Crippen LogP contribution in [0.4, 0.5) is 11.4 Å². The average molecular weight is 444 g/mol. The number of aryl methyl sites for hydroxylation is 1. The van der Waals surface area contributed by atoms with Crippen molar-refractivity contribution in [1.29, 1.82) is 0 Å². The fourth-order valence-corrected chi connectivity index (χ4v) is 5.30. The molecule has 0 saturated carbocycles. The van der Waals surface area contributed by atoms with Crippen LogP contribution in [0.5, 0.6) is 0 Å². The minimum absolute atomic E-state index is 0.0262. The molecule has 2 amide bonds. The van der Waals surface area contributed by atoms with E-state index in [0.29, 0.717) is 12.1 Å². The highest BCUT2D eigenvalue weighted by Gasteiger charge is 2.32. The molecule has 0 aliphatic carbocycles. The largest absolute Gasteiger partial charge is 0.324 e. The van der Waals surface area contributed by atoms with Gasteiger partial charge in [0.25, 0.3) is 0 Å². The summed E-state index contributed by atoms with van der Waals surface area (Å²) in [6.45, 7) is 8.89. The van der Waals surface area contributed by atoms with Crippen LogP contribution < -0.4 is 14.9 Å². The molecule has 0 saturated heterocycles. The first-order chi connectivity index (χ1) is 14.5. The Labute approximate surface area is 183 Å². The Balaban J connectivity index is 1.84. The van der Waals surface area contributed by atoms with Crippen LogP contribution >= 0.6 is 0 Å². The van der Waals surface area contributed by atoms with E-state index in [-0.39, 0.29) is 22.8 Å². The number of anilines is 2. The highest BCUT2D eigenvalue weighted by Crippen LogP contribution is 2.34. The minimum Gasteiger partial charge on any atom is -0.324 e. The maximum absolute atomic E-state index is 13.1. The zero-order chi connectivity index (χ0) is 22.9. The van der Waals surface area contributed by atoms with E-state index in [2.05, 4.69) is 10.0 Å². The van der Waals surface area contributed by atoms with Gasteiger partial charge in [0.1, 0.15) is 6.04 Å². The number of benzene rings is 2. The smallest absolute Gasteiger partial charge is 0.242 e. The highest BCUT2D eigenvalue weighted by molar-refractivity contribution is 7.89. The van der Waals surface area contributed by atoms with E-state index < -0.39 is 22.0 Å². The fourth-order valence-electron chi connectivity index (χ4n) is 3.91. The lowest BCUT2D eigenvalue weighted by molar-refractivity contribution is -0.118. The van der Waals surface area contributed by atoms with Crippen molar-refractivity contribution in [3.05, 3.63) is 53.6 Å². The molecule has 2 aromatic carbocycles. The van der Waals surface area contributed by atoms with Crippen LogP contribution in [-0.2, 0) is 26.0 Å². The zero-order valence-corrected chi connectivity index (χ0v) is 19.3. The van der Waals surface area contributed by atoms with Gasteiger partial charge in [-0.3, -0.25) is 9.59 Å². The van der Waals surface area contributed by atoms with E-state index in [4.69, 9.17) is 0 Å². The lowest BCUT2D eigenvalue weighted by Gasteiger charge is -2.23. The molecule has 0 radical (unpaired) electrons. The molecule has 1 aliphatic heterocycles. The second kappa shape index (κ2) is 8.80. The van der Waals surface area contributed by atoms with Gasteiger partial charge in [0.15, 0.2) is 0 Å². The van der Waals surface area contributed by atoms with E-state index in [0.717, 1.165) is 16.8 Å². The van der Waals surface area contributed by atoms with Gasteiger partial charge in [-0.25, -0.2) is 8.42 Å². The van der Waals surface area contributed by atoms with E-state index in [9.17, 15) is 18.0 Å². The van der Waals surface area contributed by atoms with Gasteiger partial charge in [-0.1, -0.05) is 32.0 Å². The summed E-state index contributed by atoms with van der Waals surface area (Å²) in [4.78, 5) is 26.6. The lowest BCUT2D eigenvalue weighted by atomic mass is 10.0. The van der Waals surface area contributed by atoms with Gasteiger partial charge in [0.05, 0.1) is 4.90 Å². The molecule has 0 fully saturated rings. The molecule has 0 unspecified atom stereocenters. The van der Waals surface area contributed by atoms with Crippen molar-refractivity contribution in [2.24, 2.45) is 5.92 Å². The summed E-state index contributed by atoms with van der Waals surface area (Å²) in [5.41, 5.74) is 3.07. The van der Waals surface area contributed by atoms with Crippen LogP contribution in [0, 0.1) is 12.8 Å². The van der Waals surface area contributed by atoms with E-state index in [1.165, 1.54) is 13.0 Å². The van der Waals surface area contributed by atoms with Crippen molar-refractivity contribution in [3.63, 3.8) is 0 Å². The number of nitrogens with zero attached hydrogens (tertiary/aromatic N) is 1. The number of nitrogens with one attached hydrogen (secondary N) is 2. The molecule has 7 nitrogen and oxygen atoms in total. The predicted molar refractivity (Wildman–Crippen MR) is 122 cm³/mol. The third-order valence-corrected chi connectivity index (χ3v) is 6.99. The van der Waals surface area contributed by atoms with Crippen LogP contribution in [0.25, 0.3) is 0 Å². The molecule has 2 N–H and O–H groups in total. The molecule has 0 bridgehead atoms. The average Bonchev–Trinajstić information content (AvgIpc) is 3.02. The molecule has 166 valence electrons. The summed E-state index contributed by atoms with van der Waals surface area (Å²) in [6, 6.07) is 11.1. The number of para-hydroxylation sites is 1. The summed E-state index contributed by atoms with van der Waals surface area (Å²) in [6.07, 6.45) is 0.583. The number of carbonyl (C=O) groups is 2. The Morgan fingerprint density at radius 3 is 2.42 bits per heavy atom. The summed E-state index contributed by atoms with van der Waals surface area (Å²) < 4.78 is 28.8. The van der Waals surface area contributed by atoms with Gasteiger partial charge in [0, 0.05) is 24.3 Å². The molecule has 8 heteroatoms. The van der Waals surface area contributed by atoms with E-state index >= 15 is 0 Å². The Bertz CT molecular complexity index is 1110. The molecule has 2 aromatic rings. The second-order valence-electron chi connectivity index (χ2n) is 8.38. The number of sulfonamides is 1. The third-order valence-electron chi connectivity index (χ3n) is 5.55. The Hall–Kier alpha value is -2.71. The van der Waals surface area contributed by atoms with Gasteiger partial charge in [-0.15, -0.1) is 0 Å². The molecular weight excluding hydrogens is 414 g/mol. The Kier molecular flexibility index (Phi) is 6.52. The van der Waals surface area contributed by atoms with Gasteiger partial charge in [-0.2, -0.15) is 4.72 Å². The molecule has 1 aliphatic rings. The van der Waals surface area contributed by atoms with Crippen molar-refractivity contribution in [3.8, 4) is 0 Å². The van der Waals surface area contributed by atoms with E-state index in [1.54, 1.807) is 36.9 Å². The zero-order valence-electron chi connectivity index (χ0n) is 18.5.